The van der Waals surface area contributed by atoms with E-state index in [9.17, 15) is 9.90 Å². The minimum Gasteiger partial charge on any atom is -0.388 e. The predicted octanol–water partition coefficient (Wildman–Crippen LogP) is 5.01. The molecule has 22 heavy (non-hydrogen) atoms. The summed E-state index contributed by atoms with van der Waals surface area (Å²) in [6.07, 6.45) is 3.27. The molecule has 1 N–H and O–H groups in total. The first kappa shape index (κ1) is 15.9. The lowest BCUT2D eigenvalue weighted by Crippen LogP contribution is -1.89. The molecule has 2 aliphatic carbocycles. The van der Waals surface area contributed by atoms with E-state index < -0.39 is 0 Å². The molecule has 114 valence electrons. The van der Waals surface area contributed by atoms with E-state index in [4.69, 9.17) is 0 Å². The summed E-state index contributed by atoms with van der Waals surface area (Å²) in [6, 6.07) is 12.0. The van der Waals surface area contributed by atoms with Gasteiger partial charge in [0.25, 0.3) is 0 Å². The zero-order chi connectivity index (χ0) is 15.7. The van der Waals surface area contributed by atoms with E-state index in [2.05, 4.69) is 37.9 Å². The predicted molar refractivity (Wildman–Crippen MR) is 94.2 cm³/mol. The van der Waals surface area contributed by atoms with Crippen LogP contribution in [0.25, 0.3) is 0 Å². The molecular weight excluding hydrogens is 408 g/mol. The van der Waals surface area contributed by atoms with E-state index >= 15 is 0 Å². The van der Waals surface area contributed by atoms with Gasteiger partial charge in [0.15, 0.2) is 5.78 Å². The molecule has 0 aromatic heterocycles. The van der Waals surface area contributed by atoms with Crippen LogP contribution in [0.2, 0.25) is 0 Å². The average Bonchev–Trinajstić information content (AvgIpc) is 3.04. The summed E-state index contributed by atoms with van der Waals surface area (Å²) in [7, 11) is 0. The van der Waals surface area contributed by atoms with Gasteiger partial charge in [0.05, 0.1) is 6.10 Å². The Labute approximate surface area is 146 Å². The number of aliphatic hydroxyl groups is 1. The average molecular weight is 424 g/mol. The van der Waals surface area contributed by atoms with Crippen molar-refractivity contribution < 1.29 is 9.90 Å². The van der Waals surface area contributed by atoms with E-state index in [-0.39, 0.29) is 11.9 Å². The number of aliphatic hydroxyl groups excluding tert-OH is 1. The molecule has 4 heteroatoms. The van der Waals surface area contributed by atoms with Crippen molar-refractivity contribution in [3.63, 3.8) is 0 Å². The number of ketones is 1. The number of hydrogen-bond acceptors (Lipinski definition) is 2. The number of Topliss-reactive ketones (excluding diaryl/α,β-unsaturated/α-hetero) is 1. The Morgan fingerprint density at radius 2 is 1.59 bits per heavy atom. The van der Waals surface area contributed by atoms with E-state index in [0.717, 1.165) is 39.3 Å². The molecule has 0 amide bonds. The Morgan fingerprint density at radius 1 is 0.909 bits per heavy atom. The van der Waals surface area contributed by atoms with Gasteiger partial charge in [-0.05, 0) is 60.2 Å². The fourth-order valence-electron chi connectivity index (χ4n) is 2.96. The molecule has 0 saturated carbocycles. The monoisotopic (exact) mass is 422 g/mol. The first-order valence-electron chi connectivity index (χ1n) is 7.32. The molecule has 0 bridgehead atoms. The maximum Gasteiger partial charge on any atom is 0.163 e. The molecule has 0 unspecified atom stereocenters. The summed E-state index contributed by atoms with van der Waals surface area (Å²) >= 11 is 6.72. The van der Waals surface area contributed by atoms with Crippen LogP contribution in [0, 0.1) is 0 Å². The van der Waals surface area contributed by atoms with Crippen LogP contribution in [-0.4, -0.2) is 10.9 Å². The van der Waals surface area contributed by atoms with Gasteiger partial charge in [-0.1, -0.05) is 44.0 Å². The lowest BCUT2D eigenvalue weighted by molar-refractivity contribution is 0.0994. The lowest BCUT2D eigenvalue weighted by Gasteiger charge is -2.02. The zero-order valence-electron chi connectivity index (χ0n) is 12.0. The van der Waals surface area contributed by atoms with Gasteiger partial charge in [-0.2, -0.15) is 0 Å². The highest BCUT2D eigenvalue weighted by Crippen LogP contribution is 2.32. The smallest absolute Gasteiger partial charge is 0.163 e. The summed E-state index contributed by atoms with van der Waals surface area (Å²) in [5.74, 6) is 0.279. The highest BCUT2D eigenvalue weighted by molar-refractivity contribution is 9.10. The topological polar surface area (TPSA) is 37.3 Å². The minimum absolute atomic E-state index is 0.234. The van der Waals surface area contributed by atoms with Crippen LogP contribution < -0.4 is 0 Å². The van der Waals surface area contributed by atoms with Crippen molar-refractivity contribution in [2.24, 2.45) is 0 Å². The van der Waals surface area contributed by atoms with Gasteiger partial charge in [0.1, 0.15) is 0 Å². The van der Waals surface area contributed by atoms with E-state index in [1.807, 2.05) is 30.3 Å². The second-order valence-corrected chi connectivity index (χ2v) is 7.45. The molecule has 0 saturated heterocycles. The third-order valence-electron chi connectivity index (χ3n) is 4.15. The number of carbonyl (C=O) groups excluding carboxylic acids is 1. The van der Waals surface area contributed by atoms with Gasteiger partial charge in [0, 0.05) is 20.9 Å². The summed E-state index contributed by atoms with van der Waals surface area (Å²) in [5.41, 5.74) is 4.48. The number of halogens is 2. The number of rotatable bonds is 0. The maximum atomic E-state index is 11.2. The van der Waals surface area contributed by atoms with E-state index in [0.29, 0.717) is 6.42 Å². The standard InChI is InChI=1S/C9H9BrO.C9H7BrO/c2*10-7-3-1-6-2-4-9(11)8(6)5-7/h1,3,5,9,11H,2,4H2;1,3,5H,2,4H2/t9-;/m1./s1. The molecule has 0 heterocycles. The highest BCUT2D eigenvalue weighted by Gasteiger charge is 2.19. The highest BCUT2D eigenvalue weighted by atomic mass is 79.9. The van der Waals surface area contributed by atoms with Crippen molar-refractivity contribution in [1.82, 2.24) is 0 Å². The Balaban J connectivity index is 0.000000131. The molecule has 0 aliphatic heterocycles. The Kier molecular flexibility index (Phi) is 4.81. The maximum absolute atomic E-state index is 11.2. The normalized spacial score (nSPS) is 18.5. The quantitative estimate of drug-likeness (QED) is 0.646. The molecule has 2 aliphatic rings. The van der Waals surface area contributed by atoms with Crippen LogP contribution in [0.3, 0.4) is 0 Å². The molecule has 2 aromatic carbocycles. The van der Waals surface area contributed by atoms with Crippen molar-refractivity contribution in [2.75, 3.05) is 0 Å². The summed E-state index contributed by atoms with van der Waals surface area (Å²) < 4.78 is 2.05. The molecule has 1 atom stereocenters. The SMILES string of the molecule is O=C1CCc2ccc(Br)cc21.O[C@@H]1CCc2ccc(Br)cc21. The first-order valence-corrected chi connectivity index (χ1v) is 8.91. The van der Waals surface area contributed by atoms with Crippen LogP contribution in [0.15, 0.2) is 45.3 Å². The van der Waals surface area contributed by atoms with Gasteiger partial charge in [-0.3, -0.25) is 4.79 Å². The molecule has 0 radical (unpaired) electrons. The van der Waals surface area contributed by atoms with E-state index in [1.165, 1.54) is 11.1 Å². The first-order chi connectivity index (χ1) is 10.5. The molecule has 2 aromatic rings. The lowest BCUT2D eigenvalue weighted by atomic mass is 10.1. The number of fused-ring (bicyclic) bond motifs is 2. The molecular formula is C18H16Br2O2. The van der Waals surface area contributed by atoms with Gasteiger partial charge >= 0.3 is 0 Å². The minimum atomic E-state index is -0.234. The second-order valence-electron chi connectivity index (χ2n) is 5.62. The van der Waals surface area contributed by atoms with Crippen LogP contribution >= 0.6 is 31.9 Å². The number of hydrogen-bond donors (Lipinski definition) is 1. The third-order valence-corrected chi connectivity index (χ3v) is 5.13. The van der Waals surface area contributed by atoms with Crippen molar-refractivity contribution in [3.8, 4) is 0 Å². The number of benzene rings is 2. The van der Waals surface area contributed by atoms with Crippen LogP contribution in [0.4, 0.5) is 0 Å². The summed E-state index contributed by atoms with van der Waals surface area (Å²) in [6.45, 7) is 0. The molecule has 0 spiro atoms. The molecule has 0 fully saturated rings. The Hall–Kier alpha value is -0.970. The third kappa shape index (κ3) is 3.34. The van der Waals surface area contributed by atoms with Crippen molar-refractivity contribution >= 4 is 37.6 Å². The summed E-state index contributed by atoms with van der Waals surface area (Å²) in [4.78, 5) is 11.2. The van der Waals surface area contributed by atoms with Gasteiger partial charge in [-0.15, -0.1) is 0 Å². The van der Waals surface area contributed by atoms with Crippen LogP contribution in [0.1, 0.15) is 46.0 Å². The fourth-order valence-corrected chi connectivity index (χ4v) is 3.70. The van der Waals surface area contributed by atoms with E-state index in [1.54, 1.807) is 0 Å². The number of carbonyl (C=O) groups is 1. The Bertz CT molecular complexity index is 725. The van der Waals surface area contributed by atoms with Gasteiger partial charge in [-0.25, -0.2) is 0 Å². The van der Waals surface area contributed by atoms with Crippen LogP contribution in [0.5, 0.6) is 0 Å². The molecule has 2 nitrogen and oxygen atoms in total. The van der Waals surface area contributed by atoms with Crippen molar-refractivity contribution in [2.45, 2.75) is 31.8 Å². The largest absolute Gasteiger partial charge is 0.388 e. The van der Waals surface area contributed by atoms with Gasteiger partial charge < -0.3 is 5.11 Å². The zero-order valence-corrected chi connectivity index (χ0v) is 15.2. The molecule has 4 rings (SSSR count). The number of aryl methyl sites for hydroxylation is 2. The summed E-state index contributed by atoms with van der Waals surface area (Å²) in [5, 5.41) is 9.48. The van der Waals surface area contributed by atoms with Crippen molar-refractivity contribution in [1.29, 1.82) is 0 Å². The van der Waals surface area contributed by atoms with Crippen molar-refractivity contribution in [3.05, 3.63) is 67.6 Å². The fraction of sp³-hybridized carbons (Fsp3) is 0.278. The second kappa shape index (κ2) is 6.65. The van der Waals surface area contributed by atoms with Crippen LogP contribution in [-0.2, 0) is 12.8 Å². The van der Waals surface area contributed by atoms with Gasteiger partial charge in [0.2, 0.25) is 0 Å². The Morgan fingerprint density at radius 3 is 2.36 bits per heavy atom.